The molecule has 0 aliphatic rings. The van der Waals surface area contributed by atoms with Crippen LogP contribution in [-0.4, -0.2) is 54.5 Å². The molecule has 0 aromatic carbocycles. The highest BCUT2D eigenvalue weighted by molar-refractivity contribution is 5.81. The molecule has 4 nitrogen and oxygen atoms in total. The Bertz CT molecular complexity index is 191. The second kappa shape index (κ2) is 8.53. The molecule has 2 N–H and O–H groups in total. The Balaban J connectivity index is 3.92. The first-order valence-electron chi connectivity index (χ1n) is 6.33. The largest absolute Gasteiger partial charge is 0.342 e. The second-order valence-corrected chi connectivity index (χ2v) is 4.09. The van der Waals surface area contributed by atoms with Crippen LogP contribution >= 0.6 is 0 Å². The zero-order valence-electron chi connectivity index (χ0n) is 11.2. The number of nitrogens with zero attached hydrogens (tertiary/aromatic N) is 2. The van der Waals surface area contributed by atoms with Crippen LogP contribution in [0.4, 0.5) is 0 Å². The van der Waals surface area contributed by atoms with Gasteiger partial charge in [-0.3, -0.25) is 4.79 Å². The number of hydrogen-bond donors (Lipinski definition) is 1. The van der Waals surface area contributed by atoms with Crippen molar-refractivity contribution in [3.63, 3.8) is 0 Å². The van der Waals surface area contributed by atoms with Gasteiger partial charge >= 0.3 is 0 Å². The summed E-state index contributed by atoms with van der Waals surface area (Å²) >= 11 is 0. The van der Waals surface area contributed by atoms with Gasteiger partial charge in [0, 0.05) is 13.1 Å². The molecule has 0 rings (SSSR count). The molecule has 4 heteroatoms. The molecule has 0 bridgehead atoms. The minimum absolute atomic E-state index is 0.0575. The molecule has 0 aliphatic carbocycles. The van der Waals surface area contributed by atoms with Crippen molar-refractivity contribution in [2.45, 2.75) is 40.2 Å². The van der Waals surface area contributed by atoms with E-state index < -0.39 is 0 Å². The summed E-state index contributed by atoms with van der Waals surface area (Å²) in [5.41, 5.74) is 5.59. The van der Waals surface area contributed by atoms with Crippen LogP contribution in [0.2, 0.25) is 0 Å². The first-order valence-corrected chi connectivity index (χ1v) is 6.33. The minimum Gasteiger partial charge on any atom is -0.342 e. The summed E-state index contributed by atoms with van der Waals surface area (Å²) in [6.07, 6.45) is 1.02. The van der Waals surface area contributed by atoms with Gasteiger partial charge in [-0.25, -0.2) is 0 Å². The third-order valence-corrected chi connectivity index (χ3v) is 2.88. The van der Waals surface area contributed by atoms with Crippen molar-refractivity contribution in [2.75, 3.05) is 32.7 Å². The van der Waals surface area contributed by atoms with Crippen molar-refractivity contribution in [1.82, 2.24) is 9.80 Å². The summed E-state index contributed by atoms with van der Waals surface area (Å²) < 4.78 is 0. The Hall–Kier alpha value is -0.610. The van der Waals surface area contributed by atoms with Crippen LogP contribution in [0.5, 0.6) is 0 Å². The first-order chi connectivity index (χ1) is 7.56. The van der Waals surface area contributed by atoms with E-state index in [2.05, 4.69) is 18.7 Å². The third-order valence-electron chi connectivity index (χ3n) is 2.88. The number of nitrogens with two attached hydrogens (primary N) is 1. The van der Waals surface area contributed by atoms with Crippen molar-refractivity contribution < 1.29 is 4.79 Å². The summed E-state index contributed by atoms with van der Waals surface area (Å²) in [6, 6.07) is -0.381. The fourth-order valence-electron chi connectivity index (χ4n) is 1.74. The van der Waals surface area contributed by atoms with Gasteiger partial charge in [0.05, 0.1) is 6.04 Å². The number of hydrogen-bond acceptors (Lipinski definition) is 3. The number of carbonyl (C=O) groups is 1. The quantitative estimate of drug-likeness (QED) is 0.673. The molecule has 0 saturated carbocycles. The van der Waals surface area contributed by atoms with Crippen molar-refractivity contribution in [3.8, 4) is 0 Å². The maximum atomic E-state index is 11.7. The van der Waals surface area contributed by atoms with Gasteiger partial charge in [-0.1, -0.05) is 13.8 Å². The van der Waals surface area contributed by atoms with Gasteiger partial charge in [-0.2, -0.15) is 0 Å². The van der Waals surface area contributed by atoms with Gasteiger partial charge in [0.2, 0.25) is 5.91 Å². The monoisotopic (exact) mass is 229 g/mol. The Morgan fingerprint density at radius 2 is 1.69 bits per heavy atom. The normalized spacial score (nSPS) is 12.9. The Kier molecular flexibility index (Phi) is 8.21. The molecule has 16 heavy (non-hydrogen) atoms. The van der Waals surface area contributed by atoms with Crippen molar-refractivity contribution in [3.05, 3.63) is 0 Å². The van der Waals surface area contributed by atoms with E-state index in [1.165, 1.54) is 0 Å². The summed E-state index contributed by atoms with van der Waals surface area (Å²) in [5, 5.41) is 0. The predicted molar refractivity (Wildman–Crippen MR) is 68.3 cm³/mol. The third kappa shape index (κ3) is 5.47. The average Bonchev–Trinajstić information content (AvgIpc) is 2.28. The molecule has 1 amide bonds. The molecule has 0 radical (unpaired) electrons. The lowest BCUT2D eigenvalue weighted by Gasteiger charge is -2.24. The molecule has 96 valence electrons. The summed E-state index contributed by atoms with van der Waals surface area (Å²) in [6.45, 7) is 12.8. The van der Waals surface area contributed by atoms with Crippen LogP contribution < -0.4 is 5.73 Å². The van der Waals surface area contributed by atoms with Crippen LogP contribution in [0.3, 0.4) is 0 Å². The highest BCUT2D eigenvalue weighted by Crippen LogP contribution is 1.98. The van der Waals surface area contributed by atoms with E-state index in [0.717, 1.165) is 39.1 Å². The Labute approximate surface area is 99.8 Å². The van der Waals surface area contributed by atoms with Gasteiger partial charge in [-0.05, 0) is 39.9 Å². The standard InChI is InChI=1S/C12H27N3O/c1-5-14(6-2)9-8-10-15(7-3)12(16)11(4)13/h11H,5-10,13H2,1-4H3/t11-/m0/s1. The lowest BCUT2D eigenvalue weighted by molar-refractivity contribution is -0.132. The van der Waals surface area contributed by atoms with E-state index in [-0.39, 0.29) is 11.9 Å². The van der Waals surface area contributed by atoms with Gasteiger partial charge in [0.15, 0.2) is 0 Å². The molecule has 0 saturated heterocycles. The predicted octanol–water partition coefficient (Wildman–Crippen LogP) is 0.914. The molecule has 0 fully saturated rings. The molecule has 1 atom stereocenters. The van der Waals surface area contributed by atoms with Gasteiger partial charge in [0.25, 0.3) is 0 Å². The molecule has 0 aromatic heterocycles. The fraction of sp³-hybridized carbons (Fsp3) is 0.917. The maximum absolute atomic E-state index is 11.7. The van der Waals surface area contributed by atoms with Crippen molar-refractivity contribution >= 4 is 5.91 Å². The van der Waals surface area contributed by atoms with E-state index in [0.29, 0.717) is 0 Å². The van der Waals surface area contributed by atoms with Crippen molar-refractivity contribution in [2.24, 2.45) is 5.73 Å². The second-order valence-electron chi connectivity index (χ2n) is 4.09. The van der Waals surface area contributed by atoms with Gasteiger partial charge < -0.3 is 15.5 Å². The molecule has 0 heterocycles. The van der Waals surface area contributed by atoms with Crippen LogP contribution in [-0.2, 0) is 4.79 Å². The van der Waals surface area contributed by atoms with Crippen LogP contribution in [0, 0.1) is 0 Å². The zero-order valence-corrected chi connectivity index (χ0v) is 11.2. The van der Waals surface area contributed by atoms with E-state index in [9.17, 15) is 4.79 Å². The Morgan fingerprint density at radius 1 is 1.12 bits per heavy atom. The lowest BCUT2D eigenvalue weighted by atomic mass is 10.2. The molecular weight excluding hydrogens is 202 g/mol. The van der Waals surface area contributed by atoms with Gasteiger partial charge in [-0.15, -0.1) is 0 Å². The van der Waals surface area contributed by atoms with Crippen LogP contribution in [0.1, 0.15) is 34.1 Å². The fourth-order valence-corrected chi connectivity index (χ4v) is 1.74. The average molecular weight is 229 g/mol. The smallest absolute Gasteiger partial charge is 0.239 e. The van der Waals surface area contributed by atoms with E-state index in [4.69, 9.17) is 5.73 Å². The van der Waals surface area contributed by atoms with Crippen LogP contribution in [0.15, 0.2) is 0 Å². The molecule has 0 unspecified atom stereocenters. The highest BCUT2D eigenvalue weighted by Gasteiger charge is 2.15. The van der Waals surface area contributed by atoms with Gasteiger partial charge in [0.1, 0.15) is 0 Å². The Morgan fingerprint density at radius 3 is 2.06 bits per heavy atom. The maximum Gasteiger partial charge on any atom is 0.239 e. The number of amides is 1. The number of rotatable bonds is 8. The van der Waals surface area contributed by atoms with E-state index >= 15 is 0 Å². The van der Waals surface area contributed by atoms with Crippen molar-refractivity contribution in [1.29, 1.82) is 0 Å². The first kappa shape index (κ1) is 15.4. The molecular formula is C12H27N3O. The van der Waals surface area contributed by atoms with E-state index in [1.54, 1.807) is 6.92 Å². The van der Waals surface area contributed by atoms with E-state index in [1.807, 2.05) is 11.8 Å². The number of carbonyl (C=O) groups excluding carboxylic acids is 1. The SMILES string of the molecule is CCN(CC)CCCN(CC)C(=O)[C@H](C)N. The molecule has 0 aromatic rings. The topological polar surface area (TPSA) is 49.6 Å². The molecule has 0 aliphatic heterocycles. The zero-order chi connectivity index (χ0) is 12.6. The highest BCUT2D eigenvalue weighted by atomic mass is 16.2. The summed E-state index contributed by atoms with van der Waals surface area (Å²) in [5.74, 6) is 0.0575. The van der Waals surface area contributed by atoms with Crippen LogP contribution in [0.25, 0.3) is 0 Å². The molecule has 0 spiro atoms. The minimum atomic E-state index is -0.381. The summed E-state index contributed by atoms with van der Waals surface area (Å²) in [4.78, 5) is 15.9. The number of likely N-dealkylation sites (N-methyl/N-ethyl adjacent to an activating group) is 1. The lowest BCUT2D eigenvalue weighted by Crippen LogP contribution is -2.43. The summed E-state index contributed by atoms with van der Waals surface area (Å²) in [7, 11) is 0.